The van der Waals surface area contributed by atoms with Crippen molar-refractivity contribution in [2.75, 3.05) is 29.5 Å². The van der Waals surface area contributed by atoms with Gasteiger partial charge in [-0.25, -0.2) is 13.4 Å². The Morgan fingerprint density at radius 3 is 2.65 bits per heavy atom. The molecule has 0 spiro atoms. The number of sulfone groups is 1. The van der Waals surface area contributed by atoms with Gasteiger partial charge in [-0.15, -0.1) is 0 Å². The van der Waals surface area contributed by atoms with Crippen molar-refractivity contribution in [3.05, 3.63) is 23.8 Å². The molecule has 6 nitrogen and oxygen atoms in total. The minimum atomic E-state index is -2.90. The van der Waals surface area contributed by atoms with Gasteiger partial charge in [0.25, 0.3) is 0 Å². The number of hydrogen-bond donors (Lipinski definition) is 1. The first-order valence-corrected chi connectivity index (χ1v) is 8.74. The molecule has 106 valence electrons. The lowest BCUT2D eigenvalue weighted by Gasteiger charge is -2.25. The maximum Gasteiger partial charge on any atom is 0.248 e. The van der Waals surface area contributed by atoms with Crippen molar-refractivity contribution in [2.24, 2.45) is 5.73 Å². The molecule has 1 saturated heterocycles. The van der Waals surface area contributed by atoms with Gasteiger partial charge in [-0.05, 0) is 18.2 Å². The number of rotatable bonds is 2. The number of aromatic nitrogens is 1. The summed E-state index contributed by atoms with van der Waals surface area (Å²) in [5.41, 5.74) is 6.39. The number of anilines is 1. The summed E-state index contributed by atoms with van der Waals surface area (Å²) < 4.78 is 23.8. The number of thiazole rings is 1. The summed E-state index contributed by atoms with van der Waals surface area (Å²) >= 11 is 1.49. The number of nitrogens with zero attached hydrogens (tertiary/aromatic N) is 2. The molecule has 1 fully saturated rings. The lowest BCUT2D eigenvalue weighted by Crippen LogP contribution is -2.40. The SMILES string of the molecule is NC(=O)c1ccc2sc(N3CCS(=O)(=O)CC3)nc2c1. The average molecular weight is 311 g/mol. The van der Waals surface area contributed by atoms with Crippen LogP contribution in [0.5, 0.6) is 0 Å². The fourth-order valence-corrected chi connectivity index (χ4v) is 4.31. The van der Waals surface area contributed by atoms with Crippen LogP contribution in [0.1, 0.15) is 10.4 Å². The van der Waals surface area contributed by atoms with Gasteiger partial charge in [-0.2, -0.15) is 0 Å². The van der Waals surface area contributed by atoms with Crippen LogP contribution in [-0.4, -0.2) is 43.9 Å². The summed E-state index contributed by atoms with van der Waals surface area (Å²) in [5, 5.41) is 0.788. The lowest BCUT2D eigenvalue weighted by atomic mass is 10.2. The molecule has 1 aliphatic rings. The van der Waals surface area contributed by atoms with Crippen LogP contribution in [0.25, 0.3) is 10.2 Å². The Balaban J connectivity index is 1.91. The molecule has 3 rings (SSSR count). The number of carbonyl (C=O) groups excluding carboxylic acids is 1. The highest BCUT2D eigenvalue weighted by Crippen LogP contribution is 2.30. The van der Waals surface area contributed by atoms with Crippen molar-refractivity contribution in [3.8, 4) is 0 Å². The number of nitrogens with two attached hydrogens (primary N) is 1. The van der Waals surface area contributed by atoms with E-state index in [1.54, 1.807) is 12.1 Å². The molecular weight excluding hydrogens is 298 g/mol. The zero-order chi connectivity index (χ0) is 14.3. The molecule has 0 saturated carbocycles. The van der Waals surface area contributed by atoms with Gasteiger partial charge in [0.15, 0.2) is 15.0 Å². The second-order valence-electron chi connectivity index (χ2n) is 4.68. The van der Waals surface area contributed by atoms with Gasteiger partial charge in [0.2, 0.25) is 5.91 Å². The van der Waals surface area contributed by atoms with E-state index in [0.29, 0.717) is 18.7 Å². The molecule has 2 heterocycles. The van der Waals surface area contributed by atoms with Crippen LogP contribution < -0.4 is 10.6 Å². The molecule has 20 heavy (non-hydrogen) atoms. The van der Waals surface area contributed by atoms with E-state index in [4.69, 9.17) is 5.73 Å². The van der Waals surface area contributed by atoms with Gasteiger partial charge >= 0.3 is 0 Å². The van der Waals surface area contributed by atoms with E-state index >= 15 is 0 Å². The van der Waals surface area contributed by atoms with Crippen molar-refractivity contribution in [1.82, 2.24) is 4.98 Å². The largest absolute Gasteiger partial charge is 0.366 e. The van der Waals surface area contributed by atoms with Crippen LogP contribution >= 0.6 is 11.3 Å². The molecular formula is C12H13N3O3S2. The van der Waals surface area contributed by atoms with E-state index in [2.05, 4.69) is 4.98 Å². The fraction of sp³-hybridized carbons (Fsp3) is 0.333. The van der Waals surface area contributed by atoms with E-state index in [1.165, 1.54) is 11.3 Å². The van der Waals surface area contributed by atoms with Crippen molar-refractivity contribution >= 4 is 42.4 Å². The third-order valence-electron chi connectivity index (χ3n) is 3.28. The Labute approximate surface area is 120 Å². The molecule has 1 amide bonds. The predicted molar refractivity (Wildman–Crippen MR) is 79.0 cm³/mol. The number of primary amides is 1. The number of benzene rings is 1. The van der Waals surface area contributed by atoms with E-state index in [9.17, 15) is 13.2 Å². The first-order chi connectivity index (χ1) is 9.44. The third-order valence-corrected chi connectivity index (χ3v) is 5.98. The summed E-state index contributed by atoms with van der Waals surface area (Å²) in [5.74, 6) is -0.157. The van der Waals surface area contributed by atoms with Crippen LogP contribution in [0.15, 0.2) is 18.2 Å². The summed E-state index contributed by atoms with van der Waals surface area (Å²) in [7, 11) is -2.90. The summed E-state index contributed by atoms with van der Waals surface area (Å²) in [6.07, 6.45) is 0. The Kier molecular flexibility index (Phi) is 3.14. The Morgan fingerprint density at radius 2 is 2.00 bits per heavy atom. The van der Waals surface area contributed by atoms with E-state index in [0.717, 1.165) is 15.3 Å². The van der Waals surface area contributed by atoms with Crippen molar-refractivity contribution in [2.45, 2.75) is 0 Å². The predicted octanol–water partition coefficient (Wildman–Crippen LogP) is 0.630. The van der Waals surface area contributed by atoms with Crippen LogP contribution in [0, 0.1) is 0 Å². The first-order valence-electron chi connectivity index (χ1n) is 6.10. The van der Waals surface area contributed by atoms with Crippen LogP contribution in [0.4, 0.5) is 5.13 Å². The van der Waals surface area contributed by atoms with Gasteiger partial charge in [0, 0.05) is 18.7 Å². The van der Waals surface area contributed by atoms with Crippen molar-refractivity contribution < 1.29 is 13.2 Å². The molecule has 1 aromatic carbocycles. The average Bonchev–Trinajstić information content (AvgIpc) is 2.81. The summed E-state index contributed by atoms with van der Waals surface area (Å²) in [6.45, 7) is 0.926. The van der Waals surface area contributed by atoms with Gasteiger partial charge in [0.05, 0.1) is 21.7 Å². The molecule has 0 atom stereocenters. The van der Waals surface area contributed by atoms with E-state index in [1.807, 2.05) is 11.0 Å². The quantitative estimate of drug-likeness (QED) is 0.878. The number of fused-ring (bicyclic) bond motifs is 1. The van der Waals surface area contributed by atoms with E-state index < -0.39 is 15.7 Å². The van der Waals surface area contributed by atoms with Gasteiger partial charge in [-0.3, -0.25) is 4.79 Å². The summed E-state index contributed by atoms with van der Waals surface area (Å²) in [6, 6.07) is 5.16. The molecule has 0 unspecified atom stereocenters. The van der Waals surface area contributed by atoms with Gasteiger partial charge in [0.1, 0.15) is 0 Å². The molecule has 2 aromatic rings. The second kappa shape index (κ2) is 4.71. The van der Waals surface area contributed by atoms with Crippen LogP contribution in [0.2, 0.25) is 0 Å². The zero-order valence-electron chi connectivity index (χ0n) is 10.6. The Morgan fingerprint density at radius 1 is 1.30 bits per heavy atom. The minimum absolute atomic E-state index is 0.162. The van der Waals surface area contributed by atoms with Crippen LogP contribution in [0.3, 0.4) is 0 Å². The van der Waals surface area contributed by atoms with E-state index in [-0.39, 0.29) is 11.5 Å². The lowest BCUT2D eigenvalue weighted by molar-refractivity contribution is 0.100. The number of hydrogen-bond acceptors (Lipinski definition) is 6. The maximum absolute atomic E-state index is 11.4. The molecule has 0 bridgehead atoms. The molecule has 0 aliphatic carbocycles. The normalized spacial score (nSPS) is 18.3. The van der Waals surface area contributed by atoms with Crippen LogP contribution in [-0.2, 0) is 9.84 Å². The summed E-state index contributed by atoms with van der Waals surface area (Å²) in [4.78, 5) is 17.6. The highest BCUT2D eigenvalue weighted by Gasteiger charge is 2.23. The molecule has 8 heteroatoms. The monoisotopic (exact) mass is 311 g/mol. The topological polar surface area (TPSA) is 93.4 Å². The van der Waals surface area contributed by atoms with Crippen molar-refractivity contribution in [3.63, 3.8) is 0 Å². The minimum Gasteiger partial charge on any atom is -0.366 e. The smallest absolute Gasteiger partial charge is 0.248 e. The highest BCUT2D eigenvalue weighted by atomic mass is 32.2. The number of carbonyl (C=O) groups is 1. The fourth-order valence-electron chi connectivity index (χ4n) is 2.11. The molecule has 0 radical (unpaired) electrons. The number of amides is 1. The van der Waals surface area contributed by atoms with Crippen molar-refractivity contribution in [1.29, 1.82) is 0 Å². The Hall–Kier alpha value is -1.67. The Bertz CT molecular complexity index is 768. The molecule has 2 N–H and O–H groups in total. The standard InChI is InChI=1S/C12H13N3O3S2/c13-11(16)8-1-2-10-9(7-8)14-12(19-10)15-3-5-20(17,18)6-4-15/h1-2,7H,3-6H2,(H2,13,16). The first kappa shape index (κ1) is 13.3. The molecule has 1 aliphatic heterocycles. The second-order valence-corrected chi connectivity index (χ2v) is 7.99. The highest BCUT2D eigenvalue weighted by molar-refractivity contribution is 7.91. The maximum atomic E-state index is 11.4. The third kappa shape index (κ3) is 2.48. The van der Waals surface area contributed by atoms with Gasteiger partial charge in [-0.1, -0.05) is 11.3 Å². The molecule has 1 aromatic heterocycles. The zero-order valence-corrected chi connectivity index (χ0v) is 12.2. The van der Waals surface area contributed by atoms with Gasteiger partial charge < -0.3 is 10.6 Å².